The van der Waals surface area contributed by atoms with E-state index in [1.807, 2.05) is 0 Å². The number of nitrogens with zero attached hydrogens (tertiary/aromatic N) is 5. The number of anilines is 2. The van der Waals surface area contributed by atoms with Gasteiger partial charge in [0.15, 0.2) is 0 Å². The first-order chi connectivity index (χ1) is 11.8. The molecule has 2 saturated heterocycles. The lowest BCUT2D eigenvalue weighted by molar-refractivity contribution is 0.122. The van der Waals surface area contributed by atoms with Crippen molar-refractivity contribution in [2.24, 2.45) is 0 Å². The van der Waals surface area contributed by atoms with Gasteiger partial charge in [0.05, 0.1) is 18.8 Å². The molecule has 4 heterocycles. The molecule has 0 N–H and O–H groups in total. The van der Waals surface area contributed by atoms with Crippen LogP contribution in [0, 0.1) is 11.3 Å². The summed E-state index contributed by atoms with van der Waals surface area (Å²) in [5.41, 5.74) is 3.30. The van der Waals surface area contributed by atoms with Gasteiger partial charge in [-0.05, 0) is 31.9 Å². The fraction of sp³-hybridized carbons (Fsp3) is 0.667. The van der Waals surface area contributed by atoms with Gasteiger partial charge in [0.2, 0.25) is 0 Å². The van der Waals surface area contributed by atoms with Crippen molar-refractivity contribution in [3.8, 4) is 6.07 Å². The van der Waals surface area contributed by atoms with Crippen molar-refractivity contribution in [3.63, 3.8) is 0 Å². The summed E-state index contributed by atoms with van der Waals surface area (Å²) in [6.07, 6.45) is 3.33. The number of nitriles is 1. The normalized spacial score (nSPS) is 21.7. The van der Waals surface area contributed by atoms with E-state index in [0.29, 0.717) is 0 Å². The number of pyridine rings is 1. The Kier molecular flexibility index (Phi) is 4.30. The number of aromatic nitrogens is 1. The van der Waals surface area contributed by atoms with Gasteiger partial charge in [-0.2, -0.15) is 5.26 Å². The number of likely N-dealkylation sites (N-methyl/N-ethyl adjacent to an activating group) is 1. The number of fused-ring (bicyclic) bond motifs is 1. The molecule has 4 rings (SSSR count). The number of rotatable bonds is 2. The lowest BCUT2D eigenvalue weighted by Gasteiger charge is -2.35. The van der Waals surface area contributed by atoms with Gasteiger partial charge < -0.3 is 19.4 Å². The van der Waals surface area contributed by atoms with Gasteiger partial charge in [0, 0.05) is 44.8 Å². The van der Waals surface area contributed by atoms with Gasteiger partial charge >= 0.3 is 0 Å². The van der Waals surface area contributed by atoms with Gasteiger partial charge in [-0.3, -0.25) is 0 Å². The van der Waals surface area contributed by atoms with Crippen LogP contribution in [0.2, 0.25) is 0 Å². The molecule has 0 aromatic carbocycles. The van der Waals surface area contributed by atoms with Crippen LogP contribution in [-0.2, 0) is 17.7 Å². The maximum Gasteiger partial charge on any atom is 0.149 e. The van der Waals surface area contributed by atoms with Crippen molar-refractivity contribution in [2.45, 2.75) is 25.8 Å². The number of hydrogen-bond donors (Lipinski definition) is 0. The molecule has 6 nitrogen and oxygen atoms in total. The van der Waals surface area contributed by atoms with Gasteiger partial charge in [-0.15, -0.1) is 0 Å². The Hall–Kier alpha value is -1.84. The minimum atomic E-state index is 0.755. The third-order valence-corrected chi connectivity index (χ3v) is 5.37. The topological polar surface area (TPSA) is 55.6 Å². The zero-order valence-electron chi connectivity index (χ0n) is 14.4. The predicted octanol–water partition coefficient (Wildman–Crippen LogP) is 1.38. The highest BCUT2D eigenvalue weighted by atomic mass is 16.5. The smallest absolute Gasteiger partial charge is 0.149 e. The Labute approximate surface area is 143 Å². The van der Waals surface area contributed by atoms with Crippen LogP contribution in [0.4, 0.5) is 11.6 Å². The Morgan fingerprint density at radius 1 is 0.958 bits per heavy atom. The van der Waals surface area contributed by atoms with E-state index in [-0.39, 0.29) is 0 Å². The summed E-state index contributed by atoms with van der Waals surface area (Å²) in [7, 11) is 2.15. The third kappa shape index (κ3) is 2.72. The molecule has 24 heavy (non-hydrogen) atoms. The molecular formula is C18H25N5O. The fourth-order valence-corrected chi connectivity index (χ4v) is 4.05. The second kappa shape index (κ2) is 6.58. The van der Waals surface area contributed by atoms with Crippen LogP contribution >= 0.6 is 0 Å². The van der Waals surface area contributed by atoms with E-state index >= 15 is 0 Å². The summed E-state index contributed by atoms with van der Waals surface area (Å²) in [6, 6.07) is 2.48. The minimum absolute atomic E-state index is 0.755. The molecule has 3 aliphatic heterocycles. The Morgan fingerprint density at radius 3 is 2.38 bits per heavy atom. The van der Waals surface area contributed by atoms with Crippen LogP contribution in [0.1, 0.15) is 29.5 Å². The fourth-order valence-electron chi connectivity index (χ4n) is 4.05. The van der Waals surface area contributed by atoms with Crippen LogP contribution in [0.5, 0.6) is 0 Å². The standard InChI is InChI=1S/C18H25N5O/c1-21-7-4-14-15(12-19)17(22-5-2-3-6-22)20-18(16(14)13-21)23-8-10-24-11-9-23/h2-11,13H2,1H3. The largest absolute Gasteiger partial charge is 0.378 e. The Bertz CT molecular complexity index is 656. The van der Waals surface area contributed by atoms with Crippen LogP contribution in [-0.4, -0.2) is 62.9 Å². The molecule has 128 valence electrons. The molecule has 1 aromatic heterocycles. The highest BCUT2D eigenvalue weighted by Gasteiger charge is 2.29. The van der Waals surface area contributed by atoms with E-state index in [2.05, 4.69) is 27.8 Å². The number of ether oxygens (including phenoxy) is 1. The molecule has 0 radical (unpaired) electrons. The third-order valence-electron chi connectivity index (χ3n) is 5.37. The van der Waals surface area contributed by atoms with Crippen molar-refractivity contribution in [1.82, 2.24) is 9.88 Å². The zero-order chi connectivity index (χ0) is 16.5. The highest BCUT2D eigenvalue weighted by Crippen LogP contribution is 2.36. The molecule has 6 heteroatoms. The SMILES string of the molecule is CN1CCc2c(C#N)c(N3CCCC3)nc(N3CCOCC3)c2C1. The highest BCUT2D eigenvalue weighted by molar-refractivity contribution is 5.68. The second-order valence-corrected chi connectivity index (χ2v) is 6.98. The van der Waals surface area contributed by atoms with Crippen molar-refractivity contribution in [1.29, 1.82) is 5.26 Å². The second-order valence-electron chi connectivity index (χ2n) is 6.98. The number of morpholine rings is 1. The van der Waals surface area contributed by atoms with Crippen LogP contribution in [0.3, 0.4) is 0 Å². The van der Waals surface area contributed by atoms with Crippen molar-refractivity contribution >= 4 is 11.6 Å². The molecule has 2 fully saturated rings. The molecule has 1 aromatic rings. The Morgan fingerprint density at radius 2 is 1.67 bits per heavy atom. The first-order valence-electron chi connectivity index (χ1n) is 9.00. The van der Waals surface area contributed by atoms with Gasteiger partial charge in [0.1, 0.15) is 17.7 Å². The molecule has 0 atom stereocenters. The summed E-state index contributed by atoms with van der Waals surface area (Å²) in [5, 5.41) is 9.84. The van der Waals surface area contributed by atoms with E-state index in [1.165, 1.54) is 24.0 Å². The molecule has 0 unspecified atom stereocenters. The van der Waals surface area contributed by atoms with Gasteiger partial charge in [-0.25, -0.2) is 4.98 Å². The average molecular weight is 327 g/mol. The molecule has 0 bridgehead atoms. The summed E-state index contributed by atoms with van der Waals surface area (Å²) in [6.45, 7) is 7.20. The molecule has 0 saturated carbocycles. The van der Waals surface area contributed by atoms with E-state index < -0.39 is 0 Å². The summed E-state index contributed by atoms with van der Waals surface area (Å²) in [5.74, 6) is 2.00. The van der Waals surface area contributed by atoms with E-state index in [4.69, 9.17) is 9.72 Å². The molecule has 0 spiro atoms. The maximum absolute atomic E-state index is 9.84. The lowest BCUT2D eigenvalue weighted by atomic mass is 9.95. The van der Waals surface area contributed by atoms with Crippen LogP contribution in [0.15, 0.2) is 0 Å². The number of hydrogen-bond acceptors (Lipinski definition) is 6. The summed E-state index contributed by atoms with van der Waals surface area (Å²) >= 11 is 0. The maximum atomic E-state index is 9.84. The minimum Gasteiger partial charge on any atom is -0.378 e. The van der Waals surface area contributed by atoms with Crippen molar-refractivity contribution in [3.05, 3.63) is 16.7 Å². The summed E-state index contributed by atoms with van der Waals surface area (Å²) < 4.78 is 5.52. The first kappa shape index (κ1) is 15.7. The molecule has 0 aliphatic carbocycles. The Balaban J connectivity index is 1.84. The van der Waals surface area contributed by atoms with Crippen molar-refractivity contribution in [2.75, 3.05) is 62.8 Å². The molecular weight excluding hydrogens is 302 g/mol. The molecule has 0 amide bonds. The van der Waals surface area contributed by atoms with E-state index in [1.54, 1.807) is 0 Å². The van der Waals surface area contributed by atoms with E-state index in [9.17, 15) is 5.26 Å². The average Bonchev–Trinajstić information content (AvgIpc) is 3.15. The van der Waals surface area contributed by atoms with Crippen LogP contribution in [0.25, 0.3) is 0 Å². The first-order valence-corrected chi connectivity index (χ1v) is 9.00. The van der Waals surface area contributed by atoms with Gasteiger partial charge in [-0.1, -0.05) is 0 Å². The van der Waals surface area contributed by atoms with Crippen molar-refractivity contribution < 1.29 is 4.74 Å². The zero-order valence-corrected chi connectivity index (χ0v) is 14.4. The molecule has 3 aliphatic rings. The monoisotopic (exact) mass is 327 g/mol. The quantitative estimate of drug-likeness (QED) is 0.818. The van der Waals surface area contributed by atoms with E-state index in [0.717, 1.165) is 76.1 Å². The van der Waals surface area contributed by atoms with Crippen LogP contribution < -0.4 is 9.80 Å². The predicted molar refractivity (Wildman–Crippen MR) is 93.5 cm³/mol. The summed E-state index contributed by atoms with van der Waals surface area (Å²) in [4.78, 5) is 12.0. The van der Waals surface area contributed by atoms with Gasteiger partial charge in [0.25, 0.3) is 0 Å². The lowest BCUT2D eigenvalue weighted by Crippen LogP contribution is -2.39.